The number of carbonyl (C=O) groups excluding carboxylic acids is 2. The van der Waals surface area contributed by atoms with E-state index in [4.69, 9.17) is 23.7 Å². The summed E-state index contributed by atoms with van der Waals surface area (Å²) in [7, 11) is 0. The molecule has 0 aromatic carbocycles. The van der Waals surface area contributed by atoms with Gasteiger partial charge in [0.1, 0.15) is 19.0 Å². The Morgan fingerprint density at radius 3 is 2.55 bits per heavy atom. The number of rotatable bonds is 5. The van der Waals surface area contributed by atoms with Crippen LogP contribution in [0.2, 0.25) is 0 Å². The van der Waals surface area contributed by atoms with Gasteiger partial charge in [0.05, 0.1) is 34.9 Å². The maximum Gasteiger partial charge on any atom is 0.331 e. The van der Waals surface area contributed by atoms with Crippen molar-refractivity contribution in [3.8, 4) is 0 Å². The van der Waals surface area contributed by atoms with Crippen LogP contribution in [0.1, 0.15) is 98.3 Å². The molecular formula is C33H48O9. The van der Waals surface area contributed by atoms with E-state index < -0.39 is 28.7 Å². The van der Waals surface area contributed by atoms with Crippen molar-refractivity contribution in [1.29, 1.82) is 0 Å². The van der Waals surface area contributed by atoms with Gasteiger partial charge in [0.15, 0.2) is 12.1 Å². The molecule has 9 nitrogen and oxygen atoms in total. The van der Waals surface area contributed by atoms with E-state index in [0.717, 1.165) is 37.5 Å². The first-order valence-electron chi connectivity index (χ1n) is 16.3. The van der Waals surface area contributed by atoms with Crippen LogP contribution in [0.5, 0.6) is 0 Å². The van der Waals surface area contributed by atoms with Gasteiger partial charge in [-0.15, -0.1) is 0 Å². The Balaban J connectivity index is 1.07. The molecule has 9 heteroatoms. The summed E-state index contributed by atoms with van der Waals surface area (Å²) in [6.45, 7) is 8.49. The molecule has 0 bridgehead atoms. The molecule has 13 atom stereocenters. The molecule has 234 valence electrons. The number of hydrogen-bond donors (Lipinski definition) is 2. The first kappa shape index (κ1) is 29.4. The van der Waals surface area contributed by atoms with E-state index in [1.165, 1.54) is 0 Å². The molecule has 42 heavy (non-hydrogen) atoms. The molecule has 0 aromatic heterocycles. The van der Waals surface area contributed by atoms with E-state index in [0.29, 0.717) is 51.6 Å². The van der Waals surface area contributed by atoms with Crippen molar-refractivity contribution in [2.45, 2.75) is 146 Å². The van der Waals surface area contributed by atoms with Gasteiger partial charge in [-0.05, 0) is 95.0 Å². The largest absolute Gasteiger partial charge is 0.458 e. The molecular weight excluding hydrogens is 540 g/mol. The maximum atomic E-state index is 13.1. The van der Waals surface area contributed by atoms with Gasteiger partial charge >= 0.3 is 5.97 Å². The van der Waals surface area contributed by atoms with E-state index in [1.807, 2.05) is 20.8 Å². The van der Waals surface area contributed by atoms with Crippen LogP contribution in [0.3, 0.4) is 0 Å². The number of aldehydes is 1. The smallest absolute Gasteiger partial charge is 0.331 e. The van der Waals surface area contributed by atoms with Gasteiger partial charge in [-0.2, -0.15) is 0 Å². The van der Waals surface area contributed by atoms with E-state index >= 15 is 0 Å². The van der Waals surface area contributed by atoms with Crippen molar-refractivity contribution in [1.82, 2.24) is 0 Å². The molecule has 4 aliphatic carbocycles. The fourth-order valence-electron chi connectivity index (χ4n) is 10.8. The van der Waals surface area contributed by atoms with Crippen LogP contribution in [-0.4, -0.2) is 76.8 Å². The summed E-state index contributed by atoms with van der Waals surface area (Å²) >= 11 is 0. The molecule has 3 heterocycles. The van der Waals surface area contributed by atoms with Crippen molar-refractivity contribution in [3.05, 3.63) is 11.6 Å². The number of carbonyl (C=O) groups is 2. The monoisotopic (exact) mass is 588 g/mol. The fraction of sp³-hybridized carbons (Fsp3) is 0.879. The van der Waals surface area contributed by atoms with Crippen LogP contribution in [0.25, 0.3) is 0 Å². The second kappa shape index (κ2) is 9.82. The van der Waals surface area contributed by atoms with Crippen molar-refractivity contribution >= 4 is 12.3 Å². The topological polar surface area (TPSA) is 121 Å². The Hall–Kier alpha value is -1.36. The number of cyclic esters (lactones) is 1. The molecule has 3 aliphatic heterocycles. The lowest BCUT2D eigenvalue weighted by Gasteiger charge is -2.65. The van der Waals surface area contributed by atoms with E-state index in [-0.39, 0.29) is 53.6 Å². The Bertz CT molecular complexity index is 1160. The normalized spacial score (nSPS) is 55.2. The van der Waals surface area contributed by atoms with E-state index in [1.54, 1.807) is 6.08 Å². The van der Waals surface area contributed by atoms with Gasteiger partial charge in [0, 0.05) is 24.3 Å². The second-order valence-corrected chi connectivity index (χ2v) is 15.0. The summed E-state index contributed by atoms with van der Waals surface area (Å²) in [5, 5.41) is 24.7. The first-order valence-corrected chi connectivity index (χ1v) is 16.3. The SMILES string of the molecule is CC[C@@]1(C)O[C@@H]2[C@@H](C)O[C@@H](O[C@H]3CC[C@]4(C=O)[C@H]5CC[C@]6(C)[C@@H](C7=CC(=O)OC7)CC[C@]6(O)[C@@H]5CC[C@]4(O)C3)C[C@H]2O1. The number of fused-ring (bicyclic) bond motifs is 6. The quantitative estimate of drug-likeness (QED) is 0.279. The van der Waals surface area contributed by atoms with Crippen molar-refractivity contribution < 1.29 is 43.5 Å². The van der Waals surface area contributed by atoms with Crippen molar-refractivity contribution in [2.75, 3.05) is 6.61 Å². The molecule has 0 amide bonds. The van der Waals surface area contributed by atoms with E-state index in [2.05, 4.69) is 6.92 Å². The zero-order valence-corrected chi connectivity index (χ0v) is 25.5. The van der Waals surface area contributed by atoms with Gasteiger partial charge in [0.2, 0.25) is 0 Å². The highest BCUT2D eigenvalue weighted by Gasteiger charge is 2.71. The summed E-state index contributed by atoms with van der Waals surface area (Å²) in [4.78, 5) is 25.0. The van der Waals surface area contributed by atoms with Crippen molar-refractivity contribution in [2.24, 2.45) is 28.6 Å². The van der Waals surface area contributed by atoms with Gasteiger partial charge < -0.3 is 38.7 Å². The second-order valence-electron chi connectivity index (χ2n) is 15.0. The molecule has 0 aromatic rings. The predicted octanol–water partition coefficient (Wildman–Crippen LogP) is 3.97. The van der Waals surface area contributed by atoms with Crippen LogP contribution < -0.4 is 0 Å². The van der Waals surface area contributed by atoms with Gasteiger partial charge in [-0.3, -0.25) is 0 Å². The van der Waals surface area contributed by atoms with Crippen LogP contribution in [-0.2, 0) is 33.3 Å². The minimum atomic E-state index is -1.19. The molecule has 7 aliphatic rings. The van der Waals surface area contributed by atoms with Crippen LogP contribution in [0, 0.1) is 28.6 Å². The van der Waals surface area contributed by atoms with Gasteiger partial charge in [-0.25, -0.2) is 4.79 Å². The molecule has 0 spiro atoms. The minimum Gasteiger partial charge on any atom is -0.458 e. The predicted molar refractivity (Wildman–Crippen MR) is 150 cm³/mol. The summed E-state index contributed by atoms with van der Waals surface area (Å²) in [6, 6.07) is 0. The Kier molecular flexibility index (Phi) is 6.86. The minimum absolute atomic E-state index is 0.0744. The zero-order valence-electron chi connectivity index (χ0n) is 25.5. The molecule has 0 radical (unpaired) electrons. The summed E-state index contributed by atoms with van der Waals surface area (Å²) in [6.07, 6.45) is 8.56. The molecule has 2 N–H and O–H groups in total. The van der Waals surface area contributed by atoms with Crippen LogP contribution in [0.15, 0.2) is 11.6 Å². The average molecular weight is 589 g/mol. The number of aliphatic hydroxyl groups is 2. The first-order chi connectivity index (χ1) is 19.9. The number of esters is 1. The van der Waals surface area contributed by atoms with Crippen LogP contribution >= 0.6 is 0 Å². The lowest BCUT2D eigenvalue weighted by Crippen LogP contribution is -2.69. The van der Waals surface area contributed by atoms with E-state index in [9.17, 15) is 19.8 Å². The summed E-state index contributed by atoms with van der Waals surface area (Å²) < 4.78 is 30.4. The molecule has 6 fully saturated rings. The summed E-state index contributed by atoms with van der Waals surface area (Å²) in [5.41, 5.74) is -2.44. The third kappa shape index (κ3) is 4.02. The fourth-order valence-corrected chi connectivity index (χ4v) is 10.8. The Morgan fingerprint density at radius 1 is 1.05 bits per heavy atom. The third-order valence-electron chi connectivity index (χ3n) is 13.2. The number of hydrogen-bond acceptors (Lipinski definition) is 9. The van der Waals surface area contributed by atoms with Crippen LogP contribution in [0.4, 0.5) is 0 Å². The van der Waals surface area contributed by atoms with Gasteiger partial charge in [0.25, 0.3) is 0 Å². The molecule has 7 rings (SSSR count). The maximum absolute atomic E-state index is 13.1. The highest BCUT2D eigenvalue weighted by atomic mass is 16.8. The zero-order chi connectivity index (χ0) is 29.7. The lowest BCUT2D eigenvalue weighted by atomic mass is 9.41. The standard InChI is InChI=1S/C33H48O9/c1-5-30(4)41-25-15-27(39-19(2)28(25)42-30)40-21-6-11-31(18-34)23-7-10-29(3)22(20-14-26(35)38-17-20)9-13-33(29,37)24(23)8-12-32(31,36)16-21/h14,18-19,21-25,27-28,36-37H,5-13,15-17H2,1-4H3/t19-,21+,22-,23+,24-,25-,27+,28-,29-,30-,31+,32+,33+/m1/s1. The number of ether oxygens (including phenoxy) is 5. The lowest BCUT2D eigenvalue weighted by molar-refractivity contribution is -0.278. The molecule has 4 saturated carbocycles. The molecule has 2 saturated heterocycles. The Morgan fingerprint density at radius 2 is 1.83 bits per heavy atom. The van der Waals surface area contributed by atoms with Gasteiger partial charge in [-0.1, -0.05) is 13.8 Å². The average Bonchev–Trinajstić information content (AvgIpc) is 3.61. The molecule has 0 unspecified atom stereocenters. The summed E-state index contributed by atoms with van der Waals surface area (Å²) in [5.74, 6) is -0.980. The highest BCUT2D eigenvalue weighted by molar-refractivity contribution is 5.85. The van der Waals surface area contributed by atoms with Crippen molar-refractivity contribution in [3.63, 3.8) is 0 Å². The third-order valence-corrected chi connectivity index (χ3v) is 13.2. The Labute approximate surface area is 248 Å². The highest BCUT2D eigenvalue weighted by Crippen LogP contribution is 2.70.